The number of thiocarbonyl (C=S) groups is 1. The molecule has 6 heteroatoms. The van der Waals surface area contributed by atoms with E-state index in [0.29, 0.717) is 18.0 Å². The number of carbonyl (C=O) groups is 1. The summed E-state index contributed by atoms with van der Waals surface area (Å²) < 4.78 is 0. The van der Waals surface area contributed by atoms with E-state index in [1.165, 1.54) is 18.5 Å². The van der Waals surface area contributed by atoms with Crippen molar-refractivity contribution in [1.29, 1.82) is 0 Å². The molecule has 4 N–H and O–H groups in total. The van der Waals surface area contributed by atoms with Crippen molar-refractivity contribution in [2.45, 2.75) is 19.3 Å². The van der Waals surface area contributed by atoms with Crippen LogP contribution in [0.15, 0.2) is 23.3 Å². The Balaban J connectivity index is 2.33. The van der Waals surface area contributed by atoms with E-state index >= 15 is 0 Å². The molecule has 0 atom stereocenters. The number of unbranched alkanes of at least 4 members (excludes halogenated alkanes) is 1. The number of hydrogen-bond donors (Lipinski definition) is 3. The van der Waals surface area contributed by atoms with Gasteiger partial charge >= 0.3 is 0 Å². The van der Waals surface area contributed by atoms with Crippen molar-refractivity contribution in [3.05, 3.63) is 34.2 Å². The van der Waals surface area contributed by atoms with Gasteiger partial charge in [-0.15, -0.1) is 0 Å². The number of carbonyl (C=O) groups excluding carboxylic acids is 1. The van der Waals surface area contributed by atoms with Crippen LogP contribution in [0.1, 0.15) is 29.6 Å². The summed E-state index contributed by atoms with van der Waals surface area (Å²) >= 11 is 4.74. The van der Waals surface area contributed by atoms with Gasteiger partial charge in [0.2, 0.25) is 0 Å². The van der Waals surface area contributed by atoms with Gasteiger partial charge in [-0.3, -0.25) is 9.59 Å². The lowest BCUT2D eigenvalue weighted by Crippen LogP contribution is -2.29. The Bertz CT molecular complexity index is 456. The van der Waals surface area contributed by atoms with E-state index in [1.54, 1.807) is 0 Å². The smallest absolute Gasteiger partial charge is 0.256 e. The van der Waals surface area contributed by atoms with Crippen LogP contribution in [0.3, 0.4) is 0 Å². The molecular weight excluding hydrogens is 238 g/mol. The van der Waals surface area contributed by atoms with Crippen LogP contribution < -0.4 is 16.5 Å². The molecule has 0 spiro atoms. The fourth-order valence-corrected chi connectivity index (χ4v) is 1.46. The third-order valence-electron chi connectivity index (χ3n) is 2.20. The van der Waals surface area contributed by atoms with Crippen LogP contribution in [0.25, 0.3) is 0 Å². The molecule has 1 aromatic heterocycles. The highest BCUT2D eigenvalue weighted by Gasteiger charge is 2.07. The molecule has 0 saturated heterocycles. The monoisotopic (exact) mass is 253 g/mol. The minimum absolute atomic E-state index is 0.127. The molecule has 0 aliphatic rings. The minimum Gasteiger partial charge on any atom is -0.393 e. The van der Waals surface area contributed by atoms with Crippen LogP contribution in [-0.2, 0) is 0 Å². The molecule has 0 fully saturated rings. The van der Waals surface area contributed by atoms with Crippen molar-refractivity contribution < 1.29 is 4.79 Å². The lowest BCUT2D eigenvalue weighted by molar-refractivity contribution is 0.0951. The number of pyridine rings is 1. The third-order valence-corrected chi connectivity index (χ3v) is 2.41. The van der Waals surface area contributed by atoms with E-state index in [-0.39, 0.29) is 16.9 Å². The number of H-pyrrole nitrogens is 1. The van der Waals surface area contributed by atoms with E-state index in [9.17, 15) is 9.59 Å². The van der Waals surface area contributed by atoms with Gasteiger partial charge in [-0.2, -0.15) is 0 Å². The first-order valence-electron chi connectivity index (χ1n) is 5.35. The Morgan fingerprint density at radius 2 is 2.24 bits per heavy atom. The van der Waals surface area contributed by atoms with Crippen molar-refractivity contribution in [3.63, 3.8) is 0 Å². The van der Waals surface area contributed by atoms with Crippen LogP contribution in [0.5, 0.6) is 0 Å². The highest BCUT2D eigenvalue weighted by molar-refractivity contribution is 7.80. The summed E-state index contributed by atoms with van der Waals surface area (Å²) in [5.74, 6) is -0.359. The maximum atomic E-state index is 11.6. The van der Waals surface area contributed by atoms with Gasteiger partial charge in [0.05, 0.1) is 4.99 Å². The summed E-state index contributed by atoms with van der Waals surface area (Å²) in [6, 6.07) is 1.32. The van der Waals surface area contributed by atoms with Gasteiger partial charge in [0.25, 0.3) is 5.91 Å². The zero-order valence-electron chi connectivity index (χ0n) is 9.36. The van der Waals surface area contributed by atoms with Gasteiger partial charge in [-0.05, 0) is 19.3 Å². The lowest BCUT2D eigenvalue weighted by Gasteiger charge is -2.04. The number of nitrogens with two attached hydrogens (primary N) is 1. The van der Waals surface area contributed by atoms with Crippen molar-refractivity contribution in [1.82, 2.24) is 10.3 Å². The molecule has 92 valence electrons. The molecule has 1 rings (SSSR count). The van der Waals surface area contributed by atoms with Crippen molar-refractivity contribution in [2.24, 2.45) is 5.73 Å². The van der Waals surface area contributed by atoms with Gasteiger partial charge in [-0.1, -0.05) is 12.2 Å². The molecule has 0 aliphatic carbocycles. The summed E-state index contributed by atoms with van der Waals surface area (Å²) in [7, 11) is 0. The molecular formula is C11H15N3O2S. The van der Waals surface area contributed by atoms with Crippen LogP contribution in [0.4, 0.5) is 0 Å². The average Bonchev–Trinajstić information content (AvgIpc) is 2.28. The second-order valence-corrected chi connectivity index (χ2v) is 4.13. The topological polar surface area (TPSA) is 88.0 Å². The van der Waals surface area contributed by atoms with E-state index in [0.717, 1.165) is 12.8 Å². The summed E-state index contributed by atoms with van der Waals surface area (Å²) in [6.45, 7) is 0.510. The van der Waals surface area contributed by atoms with Gasteiger partial charge in [0.1, 0.15) is 5.56 Å². The molecule has 1 amide bonds. The number of hydrogen-bond acceptors (Lipinski definition) is 3. The van der Waals surface area contributed by atoms with Crippen LogP contribution in [0.2, 0.25) is 0 Å². The van der Waals surface area contributed by atoms with E-state index in [2.05, 4.69) is 10.3 Å². The van der Waals surface area contributed by atoms with Gasteiger partial charge < -0.3 is 16.0 Å². The van der Waals surface area contributed by atoms with Crippen LogP contribution >= 0.6 is 12.2 Å². The maximum Gasteiger partial charge on any atom is 0.256 e. The van der Waals surface area contributed by atoms with E-state index in [4.69, 9.17) is 18.0 Å². The van der Waals surface area contributed by atoms with Gasteiger partial charge in [0, 0.05) is 25.0 Å². The molecule has 0 bridgehead atoms. The van der Waals surface area contributed by atoms with Crippen molar-refractivity contribution in [3.8, 4) is 0 Å². The van der Waals surface area contributed by atoms with Crippen molar-refractivity contribution in [2.75, 3.05) is 6.54 Å². The number of aromatic nitrogens is 1. The average molecular weight is 253 g/mol. The number of rotatable bonds is 6. The quantitative estimate of drug-likeness (QED) is 0.510. The molecule has 0 saturated carbocycles. The first kappa shape index (κ1) is 13.4. The molecule has 0 aromatic carbocycles. The Labute approximate surface area is 104 Å². The molecule has 5 nitrogen and oxygen atoms in total. The van der Waals surface area contributed by atoms with Crippen molar-refractivity contribution >= 4 is 23.1 Å². The van der Waals surface area contributed by atoms with Gasteiger partial charge in [-0.25, -0.2) is 0 Å². The van der Waals surface area contributed by atoms with E-state index < -0.39 is 0 Å². The predicted octanol–water partition coefficient (Wildman–Crippen LogP) is 0.561. The number of aromatic amines is 1. The summed E-state index contributed by atoms with van der Waals surface area (Å²) in [5, 5.41) is 2.67. The van der Waals surface area contributed by atoms with Crippen LogP contribution in [-0.4, -0.2) is 22.4 Å². The second-order valence-electron chi connectivity index (χ2n) is 3.60. The standard InChI is InChI=1S/C11H15N3O2S/c12-10(17)3-1-2-5-14-11(16)8-7-13-6-4-9(8)15/h4,6-7H,1-3,5H2,(H2,12,17)(H,13,15)(H,14,16). The molecule has 1 aromatic rings. The largest absolute Gasteiger partial charge is 0.393 e. The minimum atomic E-state index is -0.359. The molecule has 1 heterocycles. The molecule has 0 aliphatic heterocycles. The van der Waals surface area contributed by atoms with Crippen LogP contribution in [0, 0.1) is 0 Å². The van der Waals surface area contributed by atoms with E-state index in [1.807, 2.05) is 0 Å². The zero-order chi connectivity index (χ0) is 12.7. The van der Waals surface area contributed by atoms with Gasteiger partial charge in [0.15, 0.2) is 5.43 Å². The Morgan fingerprint density at radius 3 is 2.88 bits per heavy atom. The molecule has 0 unspecified atom stereocenters. The first-order chi connectivity index (χ1) is 8.11. The highest BCUT2D eigenvalue weighted by atomic mass is 32.1. The highest BCUT2D eigenvalue weighted by Crippen LogP contribution is 1.95. The second kappa shape index (κ2) is 6.80. The predicted molar refractivity (Wildman–Crippen MR) is 70.0 cm³/mol. The Morgan fingerprint density at radius 1 is 1.47 bits per heavy atom. The fourth-order valence-electron chi connectivity index (χ4n) is 1.31. The Kier molecular flexibility index (Phi) is 5.35. The normalized spacial score (nSPS) is 9.88. The zero-order valence-corrected chi connectivity index (χ0v) is 10.2. The summed E-state index contributed by atoms with van der Waals surface area (Å²) in [5.41, 5.74) is 5.18. The number of amides is 1. The first-order valence-corrected chi connectivity index (χ1v) is 5.75. The molecule has 17 heavy (non-hydrogen) atoms. The number of nitrogens with one attached hydrogen (secondary N) is 2. The third kappa shape index (κ3) is 4.78. The molecule has 0 radical (unpaired) electrons. The SMILES string of the molecule is NC(=S)CCCCNC(=O)c1c[nH]ccc1=O. The maximum absolute atomic E-state index is 11.6. The fraction of sp³-hybridized carbons (Fsp3) is 0.364. The lowest BCUT2D eigenvalue weighted by atomic mass is 10.2. The summed E-state index contributed by atoms with van der Waals surface area (Å²) in [6.07, 6.45) is 5.18. The Hall–Kier alpha value is -1.69. The summed E-state index contributed by atoms with van der Waals surface area (Å²) in [4.78, 5) is 26.1.